The molecule has 0 bridgehead atoms. The van der Waals surface area contributed by atoms with Crippen LogP contribution in [0.2, 0.25) is 0 Å². The zero-order valence-electron chi connectivity index (χ0n) is 10.8. The van der Waals surface area contributed by atoms with Gasteiger partial charge in [0.15, 0.2) is 0 Å². The molecule has 0 spiro atoms. The minimum atomic E-state index is -1.02. The van der Waals surface area contributed by atoms with Crippen LogP contribution in [0.15, 0.2) is 28.8 Å². The smallest absolute Gasteiger partial charge is 0.341 e. The average molecular weight is 261 g/mol. The minimum absolute atomic E-state index is 0.141. The van der Waals surface area contributed by atoms with Crippen LogP contribution in [-0.2, 0) is 6.42 Å². The van der Waals surface area contributed by atoms with E-state index in [-0.39, 0.29) is 5.56 Å². The molecule has 1 heterocycles. The molecule has 0 aliphatic carbocycles. The average Bonchev–Trinajstić information content (AvgIpc) is 2.71. The molecule has 0 radical (unpaired) electrons. The van der Waals surface area contributed by atoms with Crippen molar-refractivity contribution in [1.82, 2.24) is 5.16 Å². The van der Waals surface area contributed by atoms with Gasteiger partial charge >= 0.3 is 5.97 Å². The third-order valence-electron chi connectivity index (χ3n) is 2.73. The third-order valence-corrected chi connectivity index (χ3v) is 2.73. The van der Waals surface area contributed by atoms with Crippen LogP contribution >= 0.6 is 0 Å². The topological polar surface area (TPSA) is 72.6 Å². The fourth-order valence-corrected chi connectivity index (χ4v) is 1.92. The van der Waals surface area contributed by atoms with E-state index in [9.17, 15) is 4.79 Å². The molecule has 100 valence electrons. The predicted molar refractivity (Wildman–Crippen MR) is 68.6 cm³/mol. The zero-order valence-corrected chi connectivity index (χ0v) is 10.8. The molecular formula is C14H15NO4. The molecule has 1 aromatic heterocycles. The van der Waals surface area contributed by atoms with Crippen molar-refractivity contribution in [2.75, 3.05) is 6.61 Å². The van der Waals surface area contributed by atoms with Crippen LogP contribution in [0.3, 0.4) is 0 Å². The summed E-state index contributed by atoms with van der Waals surface area (Å²) < 4.78 is 10.4. The number of aromatic nitrogens is 1. The molecule has 2 rings (SSSR count). The van der Waals surface area contributed by atoms with Gasteiger partial charge in [0.25, 0.3) is 0 Å². The molecule has 0 amide bonds. The van der Waals surface area contributed by atoms with Crippen molar-refractivity contribution < 1.29 is 19.2 Å². The maximum Gasteiger partial charge on any atom is 0.341 e. The number of carboxylic acid groups (broad SMARTS) is 1. The van der Waals surface area contributed by atoms with E-state index in [1.54, 1.807) is 6.92 Å². The number of nitrogens with zero attached hydrogens (tertiary/aromatic N) is 1. The molecule has 1 N–H and O–H groups in total. The van der Waals surface area contributed by atoms with Gasteiger partial charge in [0.1, 0.15) is 22.8 Å². The van der Waals surface area contributed by atoms with E-state index in [0.29, 0.717) is 24.5 Å². The number of carbonyl (C=O) groups is 1. The highest BCUT2D eigenvalue weighted by Gasteiger charge is 2.19. The maximum absolute atomic E-state index is 11.1. The number of hydrogen-bond donors (Lipinski definition) is 1. The molecule has 5 nitrogen and oxygen atoms in total. The van der Waals surface area contributed by atoms with Crippen LogP contribution in [0.25, 0.3) is 0 Å². The van der Waals surface area contributed by atoms with Gasteiger partial charge < -0.3 is 14.4 Å². The van der Waals surface area contributed by atoms with Gasteiger partial charge in [0.05, 0.1) is 6.61 Å². The standard InChI is InChI=1S/C14H15NO4/c1-3-18-11-6-4-5-10(7-11)8-12-13(14(16)17)9(2)19-15-12/h4-7H,3,8H2,1-2H3,(H,16,17). The van der Waals surface area contributed by atoms with Crippen LogP contribution in [0.1, 0.15) is 34.3 Å². The van der Waals surface area contributed by atoms with E-state index in [4.69, 9.17) is 14.4 Å². The van der Waals surface area contributed by atoms with E-state index in [2.05, 4.69) is 5.16 Å². The van der Waals surface area contributed by atoms with Gasteiger partial charge in [-0.2, -0.15) is 0 Å². The van der Waals surface area contributed by atoms with Crippen LogP contribution < -0.4 is 4.74 Å². The number of aromatic carboxylic acids is 1. The predicted octanol–water partition coefficient (Wildman–Crippen LogP) is 2.67. The van der Waals surface area contributed by atoms with Crippen molar-refractivity contribution in [3.8, 4) is 5.75 Å². The number of rotatable bonds is 5. The summed E-state index contributed by atoms with van der Waals surface area (Å²) in [6.45, 7) is 4.10. The molecule has 0 fully saturated rings. The first-order valence-corrected chi connectivity index (χ1v) is 6.02. The summed E-state index contributed by atoms with van der Waals surface area (Å²) in [6.07, 6.45) is 0.403. The van der Waals surface area contributed by atoms with Gasteiger partial charge in [-0.3, -0.25) is 0 Å². The summed E-state index contributed by atoms with van der Waals surface area (Å²) in [7, 11) is 0. The minimum Gasteiger partial charge on any atom is -0.494 e. The molecule has 0 saturated carbocycles. The summed E-state index contributed by atoms with van der Waals surface area (Å²) >= 11 is 0. The monoisotopic (exact) mass is 261 g/mol. The largest absolute Gasteiger partial charge is 0.494 e. The fraction of sp³-hybridized carbons (Fsp3) is 0.286. The SMILES string of the molecule is CCOc1cccc(Cc2noc(C)c2C(=O)O)c1. The summed E-state index contributed by atoms with van der Waals surface area (Å²) in [4.78, 5) is 11.1. The van der Waals surface area contributed by atoms with Crippen LogP contribution in [0, 0.1) is 6.92 Å². The lowest BCUT2D eigenvalue weighted by molar-refractivity contribution is 0.0694. The van der Waals surface area contributed by atoms with Gasteiger partial charge in [-0.1, -0.05) is 17.3 Å². The summed E-state index contributed by atoms with van der Waals surface area (Å²) in [5.74, 6) is 0.0651. The van der Waals surface area contributed by atoms with Crippen molar-refractivity contribution in [1.29, 1.82) is 0 Å². The number of carboxylic acids is 1. The summed E-state index contributed by atoms with van der Waals surface area (Å²) in [6, 6.07) is 7.50. The first kappa shape index (κ1) is 13.1. The van der Waals surface area contributed by atoms with E-state index in [1.807, 2.05) is 31.2 Å². The summed E-state index contributed by atoms with van der Waals surface area (Å²) in [5, 5.41) is 12.9. The van der Waals surface area contributed by atoms with Gasteiger partial charge in [0, 0.05) is 6.42 Å². The quantitative estimate of drug-likeness (QED) is 0.895. The highest BCUT2D eigenvalue weighted by molar-refractivity contribution is 5.89. The van der Waals surface area contributed by atoms with Crippen molar-refractivity contribution in [3.05, 3.63) is 46.8 Å². The van der Waals surface area contributed by atoms with Crippen molar-refractivity contribution >= 4 is 5.97 Å². The third kappa shape index (κ3) is 2.93. The highest BCUT2D eigenvalue weighted by Crippen LogP contribution is 2.20. The van der Waals surface area contributed by atoms with E-state index in [0.717, 1.165) is 11.3 Å². The Morgan fingerprint density at radius 2 is 2.26 bits per heavy atom. The lowest BCUT2D eigenvalue weighted by Gasteiger charge is -2.05. The van der Waals surface area contributed by atoms with Crippen LogP contribution in [0.5, 0.6) is 5.75 Å². The number of ether oxygens (including phenoxy) is 1. The Hall–Kier alpha value is -2.30. The molecule has 0 aliphatic rings. The highest BCUT2D eigenvalue weighted by atomic mass is 16.5. The van der Waals surface area contributed by atoms with E-state index >= 15 is 0 Å². The Kier molecular flexibility index (Phi) is 3.85. The molecule has 0 atom stereocenters. The molecule has 2 aromatic rings. The Bertz CT molecular complexity index is 589. The Labute approximate surface area is 110 Å². The molecule has 1 aromatic carbocycles. The van der Waals surface area contributed by atoms with Crippen LogP contribution in [-0.4, -0.2) is 22.8 Å². The zero-order chi connectivity index (χ0) is 13.8. The van der Waals surface area contributed by atoms with Gasteiger partial charge in [-0.15, -0.1) is 0 Å². The Morgan fingerprint density at radius 1 is 1.47 bits per heavy atom. The second kappa shape index (κ2) is 5.56. The number of aryl methyl sites for hydroxylation is 1. The number of hydrogen-bond acceptors (Lipinski definition) is 4. The first-order valence-electron chi connectivity index (χ1n) is 6.02. The number of benzene rings is 1. The van der Waals surface area contributed by atoms with E-state index in [1.165, 1.54) is 0 Å². The lowest BCUT2D eigenvalue weighted by atomic mass is 10.1. The lowest BCUT2D eigenvalue weighted by Crippen LogP contribution is -2.03. The summed E-state index contributed by atoms with van der Waals surface area (Å²) in [5.41, 5.74) is 1.50. The molecule has 0 unspecified atom stereocenters. The molecule has 0 aliphatic heterocycles. The first-order chi connectivity index (χ1) is 9.11. The van der Waals surface area contributed by atoms with Crippen LogP contribution in [0.4, 0.5) is 0 Å². The van der Waals surface area contributed by atoms with Crippen molar-refractivity contribution in [2.24, 2.45) is 0 Å². The Morgan fingerprint density at radius 3 is 2.95 bits per heavy atom. The normalized spacial score (nSPS) is 10.4. The molecule has 5 heteroatoms. The maximum atomic E-state index is 11.1. The second-order valence-electron chi connectivity index (χ2n) is 4.12. The fourth-order valence-electron chi connectivity index (χ4n) is 1.92. The molecular weight excluding hydrogens is 246 g/mol. The van der Waals surface area contributed by atoms with Crippen molar-refractivity contribution in [3.63, 3.8) is 0 Å². The molecule has 19 heavy (non-hydrogen) atoms. The van der Waals surface area contributed by atoms with Gasteiger partial charge in [0.2, 0.25) is 0 Å². The van der Waals surface area contributed by atoms with E-state index < -0.39 is 5.97 Å². The Balaban J connectivity index is 2.26. The van der Waals surface area contributed by atoms with Gasteiger partial charge in [-0.25, -0.2) is 4.79 Å². The second-order valence-corrected chi connectivity index (χ2v) is 4.12. The molecule has 0 saturated heterocycles. The van der Waals surface area contributed by atoms with Gasteiger partial charge in [-0.05, 0) is 31.5 Å². The van der Waals surface area contributed by atoms with Crippen molar-refractivity contribution in [2.45, 2.75) is 20.3 Å².